The molecular formula is C23H20BrN7. The normalized spacial score (nSPS) is 14.6. The van der Waals surface area contributed by atoms with Crippen molar-refractivity contribution in [2.45, 2.75) is 0 Å². The number of pyridine rings is 1. The lowest BCUT2D eigenvalue weighted by molar-refractivity contribution is 0.648. The lowest BCUT2D eigenvalue weighted by Gasteiger charge is -2.36. The number of benzene rings is 2. The average molecular weight is 474 g/mol. The number of nitrogens with zero attached hydrogens (tertiary/aromatic N) is 5. The number of hydrogen-bond donors (Lipinski definition) is 2. The molecule has 5 aromatic rings. The van der Waals surface area contributed by atoms with E-state index >= 15 is 0 Å². The fraction of sp³-hybridized carbons (Fsp3) is 0.174. The van der Waals surface area contributed by atoms with Crippen molar-refractivity contribution >= 4 is 49.4 Å². The highest BCUT2D eigenvalue weighted by atomic mass is 79.9. The lowest BCUT2D eigenvalue weighted by atomic mass is 10.2. The molecule has 154 valence electrons. The van der Waals surface area contributed by atoms with Gasteiger partial charge in [-0.3, -0.25) is 5.10 Å². The molecule has 2 aromatic carbocycles. The summed E-state index contributed by atoms with van der Waals surface area (Å²) in [6.07, 6.45) is 1.85. The molecule has 0 bridgehead atoms. The lowest BCUT2D eigenvalue weighted by Crippen LogP contribution is -2.46. The summed E-state index contributed by atoms with van der Waals surface area (Å²) in [7, 11) is 0. The topological polar surface area (TPSA) is 76.7 Å². The van der Waals surface area contributed by atoms with Gasteiger partial charge in [-0.05, 0) is 48.5 Å². The Kier molecular flexibility index (Phi) is 4.38. The number of aromatic nitrogens is 5. The van der Waals surface area contributed by atoms with E-state index in [0.717, 1.165) is 69.9 Å². The van der Waals surface area contributed by atoms with Crippen LogP contribution in [0.5, 0.6) is 0 Å². The van der Waals surface area contributed by atoms with E-state index in [4.69, 9.17) is 4.98 Å². The minimum Gasteiger partial charge on any atom is -0.368 e. The monoisotopic (exact) mass is 473 g/mol. The molecule has 2 N–H and O–H groups in total. The van der Waals surface area contributed by atoms with Gasteiger partial charge < -0.3 is 14.8 Å². The number of imidazole rings is 1. The molecule has 4 heterocycles. The average Bonchev–Trinajstić information content (AvgIpc) is 3.42. The highest BCUT2D eigenvalue weighted by Crippen LogP contribution is 2.30. The maximum Gasteiger partial charge on any atom is 0.159 e. The van der Waals surface area contributed by atoms with Crippen LogP contribution in [0.1, 0.15) is 0 Å². The number of fused-ring (bicyclic) bond motifs is 2. The van der Waals surface area contributed by atoms with Gasteiger partial charge in [0.05, 0.1) is 16.6 Å². The largest absolute Gasteiger partial charge is 0.368 e. The molecule has 0 atom stereocenters. The maximum atomic E-state index is 4.78. The number of rotatable bonds is 3. The summed E-state index contributed by atoms with van der Waals surface area (Å²) in [6, 6.07) is 18.6. The van der Waals surface area contributed by atoms with Crippen molar-refractivity contribution in [1.29, 1.82) is 0 Å². The molecule has 0 unspecified atom stereocenters. The van der Waals surface area contributed by atoms with Crippen LogP contribution in [0, 0.1) is 0 Å². The summed E-state index contributed by atoms with van der Waals surface area (Å²) < 4.78 is 1.02. The predicted octanol–water partition coefficient (Wildman–Crippen LogP) is 4.59. The summed E-state index contributed by atoms with van der Waals surface area (Å²) in [6.45, 7) is 3.83. The highest BCUT2D eigenvalue weighted by molar-refractivity contribution is 9.10. The maximum absolute atomic E-state index is 4.78. The van der Waals surface area contributed by atoms with Crippen molar-refractivity contribution in [1.82, 2.24) is 25.1 Å². The molecule has 0 aliphatic carbocycles. The van der Waals surface area contributed by atoms with E-state index in [0.29, 0.717) is 0 Å². The number of piperazine rings is 1. The van der Waals surface area contributed by atoms with E-state index in [-0.39, 0.29) is 0 Å². The standard InChI is InChI=1S/C23H20BrN7/c24-15-4-6-18-17(13-15)22(29-28-18)23-26-19-7-5-16(14-20(19)27-23)30-9-11-31(12-10-30)21-3-1-2-8-25-21/h1-8,13-14H,9-12H2,(H,26,27)(H,28,29). The van der Waals surface area contributed by atoms with Crippen LogP contribution in [0.25, 0.3) is 33.5 Å². The fourth-order valence-electron chi connectivity index (χ4n) is 4.21. The van der Waals surface area contributed by atoms with Crippen molar-refractivity contribution in [3.8, 4) is 11.5 Å². The first-order valence-electron chi connectivity index (χ1n) is 10.3. The molecule has 1 aliphatic heterocycles. The summed E-state index contributed by atoms with van der Waals surface area (Å²) >= 11 is 3.55. The Bertz CT molecular complexity index is 1370. The molecule has 0 amide bonds. The molecule has 8 heteroatoms. The molecule has 0 radical (unpaired) electrons. The van der Waals surface area contributed by atoms with Gasteiger partial charge in [0, 0.05) is 47.9 Å². The van der Waals surface area contributed by atoms with Crippen LogP contribution in [0.2, 0.25) is 0 Å². The summed E-state index contributed by atoms with van der Waals surface area (Å²) in [4.78, 5) is 17.5. The molecule has 0 saturated carbocycles. The summed E-state index contributed by atoms with van der Waals surface area (Å²) in [5.74, 6) is 1.82. The number of halogens is 1. The third-order valence-electron chi connectivity index (χ3n) is 5.83. The summed E-state index contributed by atoms with van der Waals surface area (Å²) in [5.41, 5.74) is 4.99. The van der Waals surface area contributed by atoms with Crippen LogP contribution in [-0.2, 0) is 0 Å². The van der Waals surface area contributed by atoms with Crippen molar-refractivity contribution in [3.05, 3.63) is 65.3 Å². The van der Waals surface area contributed by atoms with Gasteiger partial charge in [-0.2, -0.15) is 5.10 Å². The quantitative estimate of drug-likeness (QED) is 0.400. The fourth-order valence-corrected chi connectivity index (χ4v) is 4.57. The molecule has 31 heavy (non-hydrogen) atoms. The molecule has 1 saturated heterocycles. The van der Waals surface area contributed by atoms with Crippen molar-refractivity contribution in [2.75, 3.05) is 36.0 Å². The smallest absolute Gasteiger partial charge is 0.159 e. The Morgan fingerprint density at radius 3 is 2.58 bits per heavy atom. The van der Waals surface area contributed by atoms with E-state index in [9.17, 15) is 0 Å². The predicted molar refractivity (Wildman–Crippen MR) is 128 cm³/mol. The van der Waals surface area contributed by atoms with E-state index in [1.807, 2.05) is 30.5 Å². The van der Waals surface area contributed by atoms with Gasteiger partial charge >= 0.3 is 0 Å². The van der Waals surface area contributed by atoms with Crippen LogP contribution in [0.15, 0.2) is 65.3 Å². The first-order valence-corrected chi connectivity index (χ1v) is 11.1. The number of nitrogens with one attached hydrogen (secondary N) is 2. The number of H-pyrrole nitrogens is 2. The number of hydrogen-bond acceptors (Lipinski definition) is 5. The van der Waals surface area contributed by atoms with Gasteiger partial charge in [0.1, 0.15) is 11.5 Å². The van der Waals surface area contributed by atoms with E-state index in [2.05, 4.69) is 76.2 Å². The van der Waals surface area contributed by atoms with Crippen LogP contribution in [-0.4, -0.2) is 51.3 Å². The zero-order chi connectivity index (χ0) is 20.8. The Balaban J connectivity index is 1.27. The molecule has 1 fully saturated rings. The second-order valence-electron chi connectivity index (χ2n) is 7.71. The number of aromatic amines is 2. The van der Waals surface area contributed by atoms with E-state index in [1.165, 1.54) is 5.69 Å². The second-order valence-corrected chi connectivity index (χ2v) is 8.63. The Hall–Kier alpha value is -3.39. The molecular weight excluding hydrogens is 454 g/mol. The van der Waals surface area contributed by atoms with E-state index in [1.54, 1.807) is 0 Å². The zero-order valence-electron chi connectivity index (χ0n) is 16.7. The van der Waals surface area contributed by atoms with Crippen LogP contribution in [0.4, 0.5) is 11.5 Å². The molecule has 3 aromatic heterocycles. The van der Waals surface area contributed by atoms with Gasteiger partial charge in [-0.25, -0.2) is 9.97 Å². The van der Waals surface area contributed by atoms with Crippen molar-refractivity contribution in [2.24, 2.45) is 0 Å². The molecule has 7 nitrogen and oxygen atoms in total. The highest BCUT2D eigenvalue weighted by Gasteiger charge is 2.19. The minimum absolute atomic E-state index is 0.775. The SMILES string of the molecule is Brc1ccc2[nH]nc(-c3nc4ccc(N5CCN(c6ccccn6)CC5)cc4[nH]3)c2c1. The van der Waals surface area contributed by atoms with Gasteiger partial charge in [-0.1, -0.05) is 22.0 Å². The van der Waals surface area contributed by atoms with Gasteiger partial charge in [0.2, 0.25) is 0 Å². The Morgan fingerprint density at radius 1 is 0.871 bits per heavy atom. The Labute approximate surface area is 187 Å². The van der Waals surface area contributed by atoms with Gasteiger partial charge in [0.15, 0.2) is 5.82 Å². The summed E-state index contributed by atoms with van der Waals surface area (Å²) in [5, 5.41) is 8.62. The first-order chi connectivity index (χ1) is 15.2. The molecule has 1 aliphatic rings. The third kappa shape index (κ3) is 3.33. The minimum atomic E-state index is 0.775. The van der Waals surface area contributed by atoms with Crippen LogP contribution in [0.3, 0.4) is 0 Å². The third-order valence-corrected chi connectivity index (χ3v) is 6.33. The van der Waals surface area contributed by atoms with Gasteiger partial charge in [0.25, 0.3) is 0 Å². The van der Waals surface area contributed by atoms with Gasteiger partial charge in [-0.15, -0.1) is 0 Å². The Morgan fingerprint density at radius 2 is 1.74 bits per heavy atom. The van der Waals surface area contributed by atoms with Crippen molar-refractivity contribution < 1.29 is 0 Å². The molecule has 6 rings (SSSR count). The van der Waals surface area contributed by atoms with Crippen molar-refractivity contribution in [3.63, 3.8) is 0 Å². The van der Waals surface area contributed by atoms with Crippen LogP contribution >= 0.6 is 15.9 Å². The first kappa shape index (κ1) is 18.4. The molecule has 0 spiro atoms. The number of anilines is 2. The second kappa shape index (κ2) is 7.39. The van der Waals surface area contributed by atoms with Crippen LogP contribution < -0.4 is 9.80 Å². The van der Waals surface area contributed by atoms with E-state index < -0.39 is 0 Å². The zero-order valence-corrected chi connectivity index (χ0v) is 18.3.